The van der Waals surface area contributed by atoms with E-state index in [1.54, 1.807) is 31.4 Å². The number of carbonyl (C=O) groups is 1. The Morgan fingerprint density at radius 2 is 1.88 bits per heavy atom. The van der Waals surface area contributed by atoms with Crippen LogP contribution in [0, 0.1) is 0 Å². The average molecular weight is 445 g/mol. The topological polar surface area (TPSA) is 85.2 Å². The van der Waals surface area contributed by atoms with E-state index < -0.39 is 0 Å². The molecule has 0 spiro atoms. The Hall–Kier alpha value is -3.94. The monoisotopic (exact) mass is 444 g/mol. The first-order valence-electron chi connectivity index (χ1n) is 11.0. The number of aromatic nitrogens is 4. The lowest BCUT2D eigenvalue weighted by atomic mass is 10.2. The van der Waals surface area contributed by atoms with E-state index in [1.807, 2.05) is 54.1 Å². The van der Waals surface area contributed by atoms with Crippen molar-refractivity contribution in [3.63, 3.8) is 0 Å². The summed E-state index contributed by atoms with van der Waals surface area (Å²) < 4.78 is 7.69. The highest BCUT2D eigenvalue weighted by Crippen LogP contribution is 2.26. The van der Waals surface area contributed by atoms with E-state index in [2.05, 4.69) is 27.2 Å². The van der Waals surface area contributed by atoms with Gasteiger partial charge in [-0.1, -0.05) is 19.4 Å². The zero-order valence-corrected chi connectivity index (χ0v) is 19.4. The number of aryl methyl sites for hydroxylation is 1. The van der Waals surface area contributed by atoms with Gasteiger partial charge in [-0.3, -0.25) is 9.78 Å². The van der Waals surface area contributed by atoms with Gasteiger partial charge in [-0.25, -0.2) is 9.97 Å². The number of rotatable bonds is 8. The Labute approximate surface area is 193 Å². The molecule has 33 heavy (non-hydrogen) atoms. The number of anilines is 2. The van der Waals surface area contributed by atoms with Crippen molar-refractivity contribution in [3.05, 3.63) is 60.6 Å². The van der Waals surface area contributed by atoms with Crippen molar-refractivity contribution in [1.82, 2.24) is 24.4 Å². The Morgan fingerprint density at radius 1 is 1.06 bits per heavy atom. The first-order valence-corrected chi connectivity index (χ1v) is 11.0. The molecule has 0 fully saturated rings. The molecule has 0 bridgehead atoms. The van der Waals surface area contributed by atoms with Gasteiger partial charge in [0, 0.05) is 50.7 Å². The van der Waals surface area contributed by atoms with Crippen LogP contribution >= 0.6 is 0 Å². The Balaban J connectivity index is 1.57. The molecule has 0 saturated heterocycles. The third kappa shape index (κ3) is 4.95. The number of ether oxygens (including phenoxy) is 1. The van der Waals surface area contributed by atoms with Gasteiger partial charge in [0.15, 0.2) is 0 Å². The molecule has 0 radical (unpaired) electrons. The largest absolute Gasteiger partial charge is 0.493 e. The number of benzene rings is 1. The number of hydrogen-bond donors (Lipinski definition) is 1. The predicted molar refractivity (Wildman–Crippen MR) is 130 cm³/mol. The summed E-state index contributed by atoms with van der Waals surface area (Å²) in [6.45, 7) is 2.81. The maximum atomic E-state index is 12.4. The number of nitrogens with zero attached hydrogens (tertiary/aromatic N) is 5. The number of fused-ring (bicyclic) bond motifs is 1. The molecule has 170 valence electrons. The Kier molecular flexibility index (Phi) is 6.53. The first kappa shape index (κ1) is 22.3. The number of unbranched alkanes of at least 4 members (excludes halogenated alkanes) is 1. The summed E-state index contributed by atoms with van der Waals surface area (Å²) in [6.07, 6.45) is 5.52. The molecule has 1 aromatic carbocycles. The number of pyridine rings is 1. The molecular formula is C25H28N6O2. The third-order valence-electron chi connectivity index (χ3n) is 5.34. The van der Waals surface area contributed by atoms with Crippen LogP contribution in [0.3, 0.4) is 0 Å². The van der Waals surface area contributed by atoms with E-state index in [9.17, 15) is 4.79 Å². The molecule has 0 aliphatic carbocycles. The summed E-state index contributed by atoms with van der Waals surface area (Å²) in [5.41, 5.74) is 3.83. The van der Waals surface area contributed by atoms with Crippen molar-refractivity contribution < 1.29 is 9.53 Å². The van der Waals surface area contributed by atoms with E-state index in [0.29, 0.717) is 23.9 Å². The van der Waals surface area contributed by atoms with Crippen LogP contribution in [0.4, 0.5) is 11.6 Å². The second kappa shape index (κ2) is 9.68. The molecule has 0 unspecified atom stereocenters. The normalized spacial score (nSPS) is 10.9. The average Bonchev–Trinajstić information content (AvgIpc) is 3.15. The molecule has 0 aliphatic heterocycles. The van der Waals surface area contributed by atoms with Crippen molar-refractivity contribution in [3.8, 4) is 17.1 Å². The maximum absolute atomic E-state index is 12.4. The smallest absolute Gasteiger partial charge is 0.269 e. The van der Waals surface area contributed by atoms with E-state index >= 15 is 0 Å². The van der Waals surface area contributed by atoms with Crippen molar-refractivity contribution in [2.24, 2.45) is 7.05 Å². The van der Waals surface area contributed by atoms with E-state index in [1.165, 1.54) is 0 Å². The molecular weight excluding hydrogens is 416 g/mol. The van der Waals surface area contributed by atoms with Crippen LogP contribution in [0.15, 0.2) is 54.9 Å². The number of carbonyl (C=O) groups excluding carboxylic acids is 1. The quantitative estimate of drug-likeness (QED) is 0.398. The minimum atomic E-state index is -0.0346. The number of amides is 1. The van der Waals surface area contributed by atoms with Gasteiger partial charge in [0.1, 0.15) is 11.4 Å². The minimum Gasteiger partial charge on any atom is -0.493 e. The van der Waals surface area contributed by atoms with Crippen molar-refractivity contribution in [1.29, 1.82) is 0 Å². The fraction of sp³-hybridized carbons (Fsp3) is 0.280. The zero-order chi connectivity index (χ0) is 23.4. The van der Waals surface area contributed by atoms with Gasteiger partial charge in [0.05, 0.1) is 23.5 Å². The standard InChI is InChI=1S/C25H28N6O2/c1-5-6-13-33-19-9-11-26-21(16-19)20-10-12-27-25(29-20)28-18-8-7-17-14-23(24(32)30(2)3)31(4)22(17)15-18/h7-12,14-16H,5-6,13H2,1-4H3,(H,27,28,29). The second-order valence-corrected chi connectivity index (χ2v) is 8.03. The van der Waals surface area contributed by atoms with Crippen LogP contribution in [-0.2, 0) is 7.05 Å². The van der Waals surface area contributed by atoms with Gasteiger partial charge in [0.25, 0.3) is 5.91 Å². The molecule has 1 amide bonds. The van der Waals surface area contributed by atoms with Gasteiger partial charge in [0.2, 0.25) is 5.95 Å². The van der Waals surface area contributed by atoms with Gasteiger partial charge in [-0.2, -0.15) is 0 Å². The molecule has 0 aliphatic rings. The third-order valence-corrected chi connectivity index (χ3v) is 5.34. The summed E-state index contributed by atoms with van der Waals surface area (Å²) >= 11 is 0. The molecule has 4 aromatic rings. The molecule has 4 rings (SSSR count). The first-order chi connectivity index (χ1) is 16.0. The molecule has 3 heterocycles. The minimum absolute atomic E-state index is 0.0346. The molecule has 0 saturated carbocycles. The zero-order valence-electron chi connectivity index (χ0n) is 19.4. The highest BCUT2D eigenvalue weighted by molar-refractivity contribution is 5.99. The lowest BCUT2D eigenvalue weighted by molar-refractivity contribution is 0.0819. The van der Waals surface area contributed by atoms with Gasteiger partial charge in [-0.05, 0) is 36.8 Å². The predicted octanol–water partition coefficient (Wildman–Crippen LogP) is 4.65. The molecule has 1 N–H and O–H groups in total. The highest BCUT2D eigenvalue weighted by atomic mass is 16.5. The number of hydrogen-bond acceptors (Lipinski definition) is 6. The number of nitrogens with one attached hydrogen (secondary N) is 1. The summed E-state index contributed by atoms with van der Waals surface area (Å²) in [5, 5.41) is 4.25. The highest BCUT2D eigenvalue weighted by Gasteiger charge is 2.15. The van der Waals surface area contributed by atoms with E-state index in [0.717, 1.165) is 40.9 Å². The van der Waals surface area contributed by atoms with Crippen LogP contribution in [0.5, 0.6) is 5.75 Å². The fourth-order valence-corrected chi connectivity index (χ4v) is 3.51. The van der Waals surface area contributed by atoms with Crippen LogP contribution in [0.2, 0.25) is 0 Å². The summed E-state index contributed by atoms with van der Waals surface area (Å²) in [6, 6.07) is 13.4. The molecule has 0 atom stereocenters. The van der Waals surface area contributed by atoms with Crippen molar-refractivity contribution >= 4 is 28.4 Å². The molecule has 8 heteroatoms. The van der Waals surface area contributed by atoms with Crippen LogP contribution in [0.25, 0.3) is 22.3 Å². The Morgan fingerprint density at radius 3 is 2.67 bits per heavy atom. The lowest BCUT2D eigenvalue weighted by Crippen LogP contribution is -2.23. The van der Waals surface area contributed by atoms with Crippen LogP contribution in [-0.4, -0.2) is 51.0 Å². The van der Waals surface area contributed by atoms with Gasteiger partial charge < -0.3 is 19.5 Å². The van der Waals surface area contributed by atoms with Crippen molar-refractivity contribution in [2.45, 2.75) is 19.8 Å². The summed E-state index contributed by atoms with van der Waals surface area (Å²) in [7, 11) is 5.39. The molecule has 3 aromatic heterocycles. The molecule has 8 nitrogen and oxygen atoms in total. The Bertz CT molecular complexity index is 1280. The summed E-state index contributed by atoms with van der Waals surface area (Å²) in [5.74, 6) is 1.20. The fourth-order valence-electron chi connectivity index (χ4n) is 3.51. The van der Waals surface area contributed by atoms with Crippen molar-refractivity contribution in [2.75, 3.05) is 26.0 Å². The van der Waals surface area contributed by atoms with Crippen LogP contribution in [0.1, 0.15) is 30.3 Å². The van der Waals surface area contributed by atoms with E-state index in [4.69, 9.17) is 4.74 Å². The SMILES string of the molecule is CCCCOc1ccnc(-c2ccnc(Nc3ccc4cc(C(=O)N(C)C)n(C)c4c3)n2)c1. The van der Waals surface area contributed by atoms with E-state index in [-0.39, 0.29) is 5.91 Å². The van der Waals surface area contributed by atoms with Gasteiger partial charge >= 0.3 is 0 Å². The van der Waals surface area contributed by atoms with Gasteiger partial charge in [-0.15, -0.1) is 0 Å². The maximum Gasteiger partial charge on any atom is 0.269 e. The summed E-state index contributed by atoms with van der Waals surface area (Å²) in [4.78, 5) is 27.4. The van der Waals surface area contributed by atoms with Crippen LogP contribution < -0.4 is 10.1 Å². The lowest BCUT2D eigenvalue weighted by Gasteiger charge is -2.11. The second-order valence-electron chi connectivity index (χ2n) is 8.03.